The fraction of sp³-hybridized carbons (Fsp3) is 0.467. The second kappa shape index (κ2) is 5.41. The van der Waals surface area contributed by atoms with Crippen molar-refractivity contribution in [1.29, 1.82) is 0 Å². The van der Waals surface area contributed by atoms with Crippen LogP contribution in [-0.4, -0.2) is 21.8 Å². The highest BCUT2D eigenvalue weighted by atomic mass is 16.4. The molecule has 0 aliphatic rings. The zero-order valence-electron chi connectivity index (χ0n) is 11.7. The lowest BCUT2D eigenvalue weighted by Crippen LogP contribution is -2.38. The molecule has 0 unspecified atom stereocenters. The van der Waals surface area contributed by atoms with Gasteiger partial charge in [-0.05, 0) is 45.2 Å². The van der Waals surface area contributed by atoms with E-state index >= 15 is 0 Å². The summed E-state index contributed by atoms with van der Waals surface area (Å²) in [6.07, 6.45) is 0.254. The molecule has 0 fully saturated rings. The van der Waals surface area contributed by atoms with E-state index in [0.29, 0.717) is 5.69 Å². The van der Waals surface area contributed by atoms with Crippen molar-refractivity contribution >= 4 is 11.7 Å². The van der Waals surface area contributed by atoms with E-state index in [-0.39, 0.29) is 6.42 Å². The highest BCUT2D eigenvalue weighted by molar-refractivity contribution is 5.72. The number of hydrogen-bond donors (Lipinski definition) is 2. The molecule has 1 aromatic carbocycles. The van der Waals surface area contributed by atoms with Crippen molar-refractivity contribution < 1.29 is 15.0 Å². The number of carbonyl (C=O) groups is 1. The van der Waals surface area contributed by atoms with Crippen LogP contribution in [0.3, 0.4) is 0 Å². The van der Waals surface area contributed by atoms with E-state index in [1.165, 1.54) is 13.8 Å². The first-order valence-corrected chi connectivity index (χ1v) is 6.10. The van der Waals surface area contributed by atoms with Gasteiger partial charge >= 0.3 is 5.97 Å². The molecule has 0 bridgehead atoms. The lowest BCUT2D eigenvalue weighted by molar-refractivity contribution is -0.149. The number of rotatable bonds is 4. The molecule has 1 aromatic rings. The van der Waals surface area contributed by atoms with Crippen LogP contribution in [0.1, 0.15) is 30.5 Å². The van der Waals surface area contributed by atoms with E-state index < -0.39 is 17.5 Å². The van der Waals surface area contributed by atoms with Gasteiger partial charge < -0.3 is 10.2 Å². The number of benzene rings is 1. The number of aliphatic hydroxyl groups is 1. The minimum absolute atomic E-state index is 0.254. The smallest absolute Gasteiger partial charge is 0.309 e. The lowest BCUT2D eigenvalue weighted by atomic mass is 9.84. The van der Waals surface area contributed by atoms with Crippen LogP contribution in [-0.2, 0) is 11.2 Å². The molecule has 2 N–H and O–H groups in total. The number of nitrogens with zero attached hydrogens (tertiary/aromatic N) is 1. The molecular formula is C15H19NO3. The summed E-state index contributed by atoms with van der Waals surface area (Å²) >= 11 is 0. The van der Waals surface area contributed by atoms with Gasteiger partial charge in [0, 0.05) is 0 Å². The topological polar surface area (TPSA) is 61.9 Å². The summed E-state index contributed by atoms with van der Waals surface area (Å²) < 4.78 is 0. The van der Waals surface area contributed by atoms with Gasteiger partial charge in [-0.15, -0.1) is 0 Å². The van der Waals surface area contributed by atoms with E-state index in [1.807, 2.05) is 13.8 Å². The molecular weight excluding hydrogens is 242 g/mol. The fourth-order valence-corrected chi connectivity index (χ4v) is 2.06. The third-order valence-corrected chi connectivity index (χ3v) is 3.57. The third kappa shape index (κ3) is 3.33. The summed E-state index contributed by atoms with van der Waals surface area (Å²) in [6, 6.07) is 3.48. The monoisotopic (exact) mass is 261 g/mol. The summed E-state index contributed by atoms with van der Waals surface area (Å²) in [7, 11) is 0. The molecule has 102 valence electrons. The van der Waals surface area contributed by atoms with Gasteiger partial charge in [-0.2, -0.15) is 0 Å². The van der Waals surface area contributed by atoms with Gasteiger partial charge in [0.2, 0.25) is 0 Å². The summed E-state index contributed by atoms with van der Waals surface area (Å²) in [5.74, 6) is -1.89. The lowest BCUT2D eigenvalue weighted by Gasteiger charge is -2.26. The summed E-state index contributed by atoms with van der Waals surface area (Å²) in [5, 5.41) is 19.2. The van der Waals surface area contributed by atoms with Gasteiger partial charge in [0.05, 0.1) is 18.1 Å². The molecule has 19 heavy (non-hydrogen) atoms. The van der Waals surface area contributed by atoms with Gasteiger partial charge in [-0.3, -0.25) is 4.79 Å². The van der Waals surface area contributed by atoms with Crippen molar-refractivity contribution in [2.75, 3.05) is 0 Å². The van der Waals surface area contributed by atoms with Crippen molar-refractivity contribution in [3.05, 3.63) is 40.2 Å². The number of carboxylic acids is 1. The Morgan fingerprint density at radius 2 is 1.95 bits per heavy atom. The van der Waals surface area contributed by atoms with Crippen LogP contribution in [0.2, 0.25) is 0 Å². The van der Waals surface area contributed by atoms with Crippen molar-refractivity contribution in [3.63, 3.8) is 0 Å². The van der Waals surface area contributed by atoms with Crippen LogP contribution in [0.5, 0.6) is 0 Å². The first-order chi connectivity index (χ1) is 8.68. The van der Waals surface area contributed by atoms with Crippen LogP contribution in [0.4, 0.5) is 5.69 Å². The molecule has 0 radical (unpaired) electrons. The fourth-order valence-electron chi connectivity index (χ4n) is 2.06. The molecule has 0 aliphatic heterocycles. The molecule has 0 aliphatic carbocycles. The Morgan fingerprint density at radius 1 is 1.37 bits per heavy atom. The number of aliphatic carboxylic acids is 1. The second-order valence-electron chi connectivity index (χ2n) is 5.35. The summed E-state index contributed by atoms with van der Waals surface area (Å²) in [4.78, 5) is 14.7. The molecule has 4 heteroatoms. The van der Waals surface area contributed by atoms with Crippen molar-refractivity contribution in [2.45, 2.75) is 39.7 Å². The zero-order chi connectivity index (χ0) is 14.8. The highest BCUT2D eigenvalue weighted by Gasteiger charge is 2.33. The molecule has 1 atom stereocenters. The van der Waals surface area contributed by atoms with E-state index in [4.69, 9.17) is 6.57 Å². The van der Waals surface area contributed by atoms with Crippen molar-refractivity contribution in [3.8, 4) is 0 Å². The minimum Gasteiger partial charge on any atom is -0.481 e. The SMILES string of the molecule is [C-]#[N+]c1ccc(C[C@@H](C(=O)O)C(C)(C)O)c(C)c1C. The van der Waals surface area contributed by atoms with E-state index in [2.05, 4.69) is 4.85 Å². The maximum atomic E-state index is 11.3. The highest BCUT2D eigenvalue weighted by Crippen LogP contribution is 2.29. The second-order valence-corrected chi connectivity index (χ2v) is 5.35. The van der Waals surface area contributed by atoms with Crippen LogP contribution < -0.4 is 0 Å². The summed E-state index contributed by atoms with van der Waals surface area (Å²) in [6.45, 7) is 13.8. The maximum absolute atomic E-state index is 11.3. The largest absolute Gasteiger partial charge is 0.481 e. The maximum Gasteiger partial charge on any atom is 0.309 e. The Morgan fingerprint density at radius 3 is 2.37 bits per heavy atom. The Kier molecular flexibility index (Phi) is 4.33. The van der Waals surface area contributed by atoms with Gasteiger partial charge in [0.15, 0.2) is 5.69 Å². The van der Waals surface area contributed by atoms with Crippen LogP contribution in [0.25, 0.3) is 4.85 Å². The Hall–Kier alpha value is -1.86. The average Bonchev–Trinajstić information content (AvgIpc) is 2.29. The standard InChI is InChI=1S/C15H19NO3/c1-9-10(2)13(16-5)7-6-11(9)8-12(14(17)18)15(3,4)19/h6-7,12,19H,8H2,1-4H3,(H,17,18)/t12-/m0/s1. The zero-order valence-corrected chi connectivity index (χ0v) is 11.7. The van der Waals surface area contributed by atoms with Gasteiger partial charge in [-0.1, -0.05) is 17.7 Å². The van der Waals surface area contributed by atoms with Gasteiger partial charge in [0.1, 0.15) is 0 Å². The van der Waals surface area contributed by atoms with Gasteiger partial charge in [0.25, 0.3) is 0 Å². The molecule has 1 rings (SSSR count). The molecule has 4 nitrogen and oxygen atoms in total. The molecule has 0 saturated heterocycles. The molecule has 0 aromatic heterocycles. The normalized spacial score (nSPS) is 12.8. The van der Waals surface area contributed by atoms with E-state index in [1.54, 1.807) is 12.1 Å². The predicted octanol–water partition coefficient (Wildman–Crippen LogP) is 2.87. The first kappa shape index (κ1) is 15.2. The van der Waals surface area contributed by atoms with Gasteiger partial charge in [-0.25, -0.2) is 4.85 Å². The number of carboxylic acid groups (broad SMARTS) is 1. The Bertz CT molecular complexity index is 536. The summed E-state index contributed by atoms with van der Waals surface area (Å²) in [5.41, 5.74) is 1.94. The van der Waals surface area contributed by atoms with Crippen molar-refractivity contribution in [2.24, 2.45) is 5.92 Å². The first-order valence-electron chi connectivity index (χ1n) is 6.10. The molecule has 0 spiro atoms. The van der Waals surface area contributed by atoms with Crippen LogP contribution in [0, 0.1) is 26.3 Å². The average molecular weight is 261 g/mol. The predicted molar refractivity (Wildman–Crippen MR) is 73.3 cm³/mol. The van der Waals surface area contributed by atoms with E-state index in [0.717, 1.165) is 16.7 Å². The molecule has 0 saturated carbocycles. The molecule has 0 heterocycles. The van der Waals surface area contributed by atoms with E-state index in [9.17, 15) is 15.0 Å². The molecule has 0 amide bonds. The minimum atomic E-state index is -1.29. The third-order valence-electron chi connectivity index (χ3n) is 3.57. The van der Waals surface area contributed by atoms with Crippen LogP contribution in [0.15, 0.2) is 12.1 Å². The van der Waals surface area contributed by atoms with Crippen molar-refractivity contribution in [1.82, 2.24) is 0 Å². The quantitative estimate of drug-likeness (QED) is 0.819. The Labute approximate surface area is 113 Å². The van der Waals surface area contributed by atoms with Crippen LogP contribution >= 0.6 is 0 Å². The Balaban J connectivity index is 3.16. The number of hydrogen-bond acceptors (Lipinski definition) is 2.